The van der Waals surface area contributed by atoms with Gasteiger partial charge in [-0.25, -0.2) is 14.5 Å². The number of aromatic carboxylic acids is 1. The van der Waals surface area contributed by atoms with Crippen molar-refractivity contribution in [2.45, 2.75) is 20.0 Å². The maximum absolute atomic E-state index is 11.2. The maximum Gasteiger partial charge on any atom is 0.339 e. The molecule has 0 saturated carbocycles. The predicted molar refractivity (Wildman–Crippen MR) is 68.5 cm³/mol. The van der Waals surface area contributed by atoms with E-state index in [1.165, 1.54) is 23.1 Å². The maximum atomic E-state index is 11.2. The molecule has 0 aliphatic heterocycles. The number of anilines is 1. The third-order valence-corrected chi connectivity index (χ3v) is 2.27. The third-order valence-electron chi connectivity index (χ3n) is 2.27. The SMILES string of the molecule is CC(C)Oc1cnn(-c2ncc(N)cc2C(=O)O)c1. The van der Waals surface area contributed by atoms with Crippen LogP contribution < -0.4 is 10.5 Å². The van der Waals surface area contributed by atoms with Crippen LogP contribution in [0, 0.1) is 0 Å². The van der Waals surface area contributed by atoms with Crippen molar-refractivity contribution < 1.29 is 14.6 Å². The van der Waals surface area contributed by atoms with Crippen LogP contribution in [-0.4, -0.2) is 31.9 Å². The van der Waals surface area contributed by atoms with Gasteiger partial charge < -0.3 is 15.6 Å². The summed E-state index contributed by atoms with van der Waals surface area (Å²) in [6, 6.07) is 1.34. The molecule has 7 heteroatoms. The number of nitrogens with zero attached hydrogens (tertiary/aromatic N) is 3. The first-order valence-corrected chi connectivity index (χ1v) is 5.68. The highest BCUT2D eigenvalue weighted by Crippen LogP contribution is 2.18. The lowest BCUT2D eigenvalue weighted by Crippen LogP contribution is -2.09. The van der Waals surface area contributed by atoms with Crippen LogP contribution in [0.15, 0.2) is 24.7 Å². The molecular formula is C12H14N4O3. The average molecular weight is 262 g/mol. The normalized spacial score (nSPS) is 10.7. The van der Waals surface area contributed by atoms with Gasteiger partial charge in [-0.3, -0.25) is 0 Å². The van der Waals surface area contributed by atoms with Gasteiger partial charge in [0.05, 0.1) is 30.4 Å². The Hall–Kier alpha value is -2.57. The summed E-state index contributed by atoms with van der Waals surface area (Å²) in [5.74, 6) is -0.373. The number of aromatic nitrogens is 3. The van der Waals surface area contributed by atoms with E-state index in [4.69, 9.17) is 15.6 Å². The standard InChI is InChI=1S/C12H14N4O3/c1-7(2)19-9-5-15-16(6-9)11-10(12(17)18)3-8(13)4-14-11/h3-7H,13H2,1-2H3,(H,17,18). The van der Waals surface area contributed by atoms with Crippen molar-refractivity contribution >= 4 is 11.7 Å². The van der Waals surface area contributed by atoms with E-state index in [2.05, 4.69) is 10.1 Å². The number of rotatable bonds is 4. The van der Waals surface area contributed by atoms with E-state index in [-0.39, 0.29) is 23.2 Å². The van der Waals surface area contributed by atoms with E-state index >= 15 is 0 Å². The van der Waals surface area contributed by atoms with Gasteiger partial charge >= 0.3 is 5.97 Å². The highest BCUT2D eigenvalue weighted by atomic mass is 16.5. The molecule has 7 nitrogen and oxygen atoms in total. The minimum atomic E-state index is -1.11. The molecule has 0 saturated heterocycles. The lowest BCUT2D eigenvalue weighted by Gasteiger charge is -2.07. The highest BCUT2D eigenvalue weighted by Gasteiger charge is 2.15. The van der Waals surface area contributed by atoms with Crippen molar-refractivity contribution in [1.29, 1.82) is 0 Å². The van der Waals surface area contributed by atoms with Crippen molar-refractivity contribution in [3.63, 3.8) is 0 Å². The lowest BCUT2D eigenvalue weighted by molar-refractivity contribution is 0.0696. The number of ether oxygens (including phenoxy) is 1. The lowest BCUT2D eigenvalue weighted by atomic mass is 10.2. The van der Waals surface area contributed by atoms with E-state index in [1.54, 1.807) is 6.20 Å². The molecule has 0 atom stereocenters. The molecule has 0 radical (unpaired) electrons. The highest BCUT2D eigenvalue weighted by molar-refractivity contribution is 5.92. The number of carboxylic acid groups (broad SMARTS) is 1. The number of pyridine rings is 1. The van der Waals surface area contributed by atoms with Gasteiger partial charge in [-0.15, -0.1) is 0 Å². The predicted octanol–water partition coefficient (Wildman–Crippen LogP) is 1.33. The zero-order valence-corrected chi connectivity index (χ0v) is 10.6. The van der Waals surface area contributed by atoms with E-state index in [0.717, 1.165) is 0 Å². The molecule has 19 heavy (non-hydrogen) atoms. The van der Waals surface area contributed by atoms with Crippen LogP contribution in [0.25, 0.3) is 5.82 Å². The van der Waals surface area contributed by atoms with Gasteiger partial charge in [0.25, 0.3) is 0 Å². The summed E-state index contributed by atoms with van der Waals surface area (Å²) in [7, 11) is 0. The van der Waals surface area contributed by atoms with Crippen LogP contribution in [0.3, 0.4) is 0 Å². The van der Waals surface area contributed by atoms with Crippen LogP contribution in [0.4, 0.5) is 5.69 Å². The van der Waals surface area contributed by atoms with E-state index in [0.29, 0.717) is 5.75 Å². The van der Waals surface area contributed by atoms with Crippen LogP contribution in [0.2, 0.25) is 0 Å². The smallest absolute Gasteiger partial charge is 0.339 e. The Morgan fingerprint density at radius 2 is 2.21 bits per heavy atom. The first kappa shape index (κ1) is 12.9. The summed E-state index contributed by atoms with van der Waals surface area (Å²) in [4.78, 5) is 15.2. The first-order chi connectivity index (χ1) is 8.97. The summed E-state index contributed by atoms with van der Waals surface area (Å²) in [6.07, 6.45) is 4.47. The van der Waals surface area contributed by atoms with Crippen molar-refractivity contribution in [1.82, 2.24) is 14.8 Å². The zero-order valence-electron chi connectivity index (χ0n) is 10.6. The Morgan fingerprint density at radius 3 is 2.84 bits per heavy atom. The minimum Gasteiger partial charge on any atom is -0.488 e. The molecule has 0 aliphatic carbocycles. The Bertz CT molecular complexity index is 607. The van der Waals surface area contributed by atoms with Gasteiger partial charge in [-0.1, -0.05) is 0 Å². The molecule has 0 fully saturated rings. The Labute approximate surface area is 109 Å². The van der Waals surface area contributed by atoms with Crippen LogP contribution >= 0.6 is 0 Å². The molecule has 100 valence electrons. The van der Waals surface area contributed by atoms with Crippen LogP contribution in [0.1, 0.15) is 24.2 Å². The summed E-state index contributed by atoms with van der Waals surface area (Å²) >= 11 is 0. The molecule has 0 aliphatic rings. The number of carbonyl (C=O) groups is 1. The number of nitrogens with two attached hydrogens (primary N) is 1. The third kappa shape index (κ3) is 2.82. The molecule has 3 N–H and O–H groups in total. The first-order valence-electron chi connectivity index (χ1n) is 5.68. The summed E-state index contributed by atoms with van der Waals surface area (Å²) in [6.45, 7) is 3.78. The van der Waals surface area contributed by atoms with Gasteiger partial charge in [0.2, 0.25) is 0 Å². The van der Waals surface area contributed by atoms with Crippen molar-refractivity contribution in [2.24, 2.45) is 0 Å². The van der Waals surface area contributed by atoms with E-state index < -0.39 is 5.97 Å². The molecule has 2 aromatic heterocycles. The second-order valence-corrected chi connectivity index (χ2v) is 4.23. The van der Waals surface area contributed by atoms with Crippen LogP contribution in [-0.2, 0) is 0 Å². The van der Waals surface area contributed by atoms with Crippen molar-refractivity contribution in [2.75, 3.05) is 5.73 Å². The largest absolute Gasteiger partial charge is 0.488 e. The number of nitrogen functional groups attached to an aromatic ring is 1. The second kappa shape index (κ2) is 4.97. The molecule has 2 aromatic rings. The Morgan fingerprint density at radius 1 is 1.47 bits per heavy atom. The average Bonchev–Trinajstić information content (AvgIpc) is 2.76. The summed E-state index contributed by atoms with van der Waals surface area (Å²) < 4.78 is 6.81. The minimum absolute atomic E-state index is 0.0102. The fraction of sp³-hybridized carbons (Fsp3) is 0.250. The van der Waals surface area contributed by atoms with Gasteiger partial charge in [0, 0.05) is 0 Å². The Kier molecular flexibility index (Phi) is 3.37. The van der Waals surface area contributed by atoms with Crippen molar-refractivity contribution in [3.8, 4) is 11.6 Å². The van der Waals surface area contributed by atoms with Crippen LogP contribution in [0.5, 0.6) is 5.75 Å². The topological polar surface area (TPSA) is 103 Å². The van der Waals surface area contributed by atoms with Crippen molar-refractivity contribution in [3.05, 3.63) is 30.2 Å². The molecule has 0 aromatic carbocycles. The quantitative estimate of drug-likeness (QED) is 0.861. The van der Waals surface area contributed by atoms with Gasteiger partial charge in [-0.2, -0.15) is 5.10 Å². The molecule has 0 spiro atoms. The monoisotopic (exact) mass is 262 g/mol. The van der Waals surface area contributed by atoms with Gasteiger partial charge in [-0.05, 0) is 19.9 Å². The molecule has 2 heterocycles. The number of carboxylic acids is 1. The molecule has 0 amide bonds. The van der Waals surface area contributed by atoms with E-state index in [1.807, 2.05) is 13.8 Å². The number of hydrogen-bond acceptors (Lipinski definition) is 5. The zero-order chi connectivity index (χ0) is 14.0. The fourth-order valence-electron chi connectivity index (χ4n) is 1.57. The molecule has 2 rings (SSSR count). The molecule has 0 unspecified atom stereocenters. The molecular weight excluding hydrogens is 248 g/mol. The van der Waals surface area contributed by atoms with E-state index in [9.17, 15) is 4.79 Å². The summed E-state index contributed by atoms with van der Waals surface area (Å²) in [5.41, 5.74) is 5.80. The van der Waals surface area contributed by atoms with Gasteiger partial charge in [0.15, 0.2) is 11.6 Å². The molecule has 0 bridgehead atoms. The number of hydrogen-bond donors (Lipinski definition) is 2. The Balaban J connectivity index is 2.41. The summed E-state index contributed by atoms with van der Waals surface area (Å²) in [5, 5.41) is 13.2. The fourth-order valence-corrected chi connectivity index (χ4v) is 1.57. The second-order valence-electron chi connectivity index (χ2n) is 4.23. The van der Waals surface area contributed by atoms with Gasteiger partial charge in [0.1, 0.15) is 5.56 Å².